The first-order chi connectivity index (χ1) is 8.06. The van der Waals surface area contributed by atoms with Gasteiger partial charge in [0, 0.05) is 12.0 Å². The Morgan fingerprint density at radius 1 is 1.24 bits per heavy atom. The van der Waals surface area contributed by atoms with Gasteiger partial charge in [0.25, 0.3) is 0 Å². The molecule has 0 saturated carbocycles. The molecule has 1 aromatic carbocycles. The molecule has 0 aliphatic heterocycles. The molecule has 0 saturated heterocycles. The molecule has 0 bridgehead atoms. The van der Waals surface area contributed by atoms with E-state index in [4.69, 9.17) is 11.6 Å². The maximum absolute atomic E-state index is 6.02. The molecule has 2 aromatic rings. The van der Waals surface area contributed by atoms with Gasteiger partial charge < -0.3 is 11.6 Å². The number of nitrogens with two attached hydrogens (primary N) is 2. The van der Waals surface area contributed by atoms with Gasteiger partial charge in [-0.1, -0.05) is 25.1 Å². The summed E-state index contributed by atoms with van der Waals surface area (Å²) >= 11 is 0. The van der Waals surface area contributed by atoms with Gasteiger partial charge in [0.15, 0.2) is 5.82 Å². The highest BCUT2D eigenvalue weighted by atomic mass is 15.4. The van der Waals surface area contributed by atoms with Crippen LogP contribution in [0.4, 0.5) is 5.82 Å². The van der Waals surface area contributed by atoms with Crippen LogP contribution in [0.15, 0.2) is 18.2 Å². The van der Waals surface area contributed by atoms with E-state index in [1.807, 2.05) is 13.0 Å². The summed E-state index contributed by atoms with van der Waals surface area (Å²) in [6.45, 7) is 6.13. The largest absolute Gasteiger partial charge is 0.382 e. The molecule has 0 radical (unpaired) electrons. The molecule has 2 rings (SSSR count). The van der Waals surface area contributed by atoms with Crippen LogP contribution in [0.1, 0.15) is 23.9 Å². The minimum absolute atomic E-state index is 0.527. The lowest BCUT2D eigenvalue weighted by Crippen LogP contribution is -2.14. The Hall–Kier alpha value is -1.97. The number of nitrogen functional groups attached to an aromatic ring is 2. The van der Waals surface area contributed by atoms with Crippen molar-refractivity contribution in [2.75, 3.05) is 11.6 Å². The Morgan fingerprint density at radius 3 is 2.29 bits per heavy atom. The second kappa shape index (κ2) is 4.13. The van der Waals surface area contributed by atoms with Crippen molar-refractivity contribution in [1.82, 2.24) is 9.66 Å². The third-order valence-electron chi connectivity index (χ3n) is 3.06. The Kier molecular flexibility index (Phi) is 2.79. The van der Waals surface area contributed by atoms with E-state index in [0.29, 0.717) is 5.82 Å². The van der Waals surface area contributed by atoms with E-state index < -0.39 is 0 Å². The molecular weight excluding hydrogens is 212 g/mol. The summed E-state index contributed by atoms with van der Waals surface area (Å²) in [5.41, 5.74) is 10.2. The predicted octanol–water partition coefficient (Wildman–Crippen LogP) is 2.03. The van der Waals surface area contributed by atoms with E-state index >= 15 is 0 Å². The number of nitrogens with zero attached hydrogens (tertiary/aromatic N) is 2. The van der Waals surface area contributed by atoms with Crippen molar-refractivity contribution in [1.29, 1.82) is 0 Å². The van der Waals surface area contributed by atoms with Crippen LogP contribution < -0.4 is 11.6 Å². The molecular formula is C13H18N4. The number of anilines is 1. The summed E-state index contributed by atoms with van der Waals surface area (Å²) in [5.74, 6) is 7.21. The van der Waals surface area contributed by atoms with E-state index in [2.05, 4.69) is 31.0 Å². The molecule has 4 heteroatoms. The maximum Gasteiger partial charge on any atom is 0.150 e. The second-order valence-corrected chi connectivity index (χ2v) is 4.25. The predicted molar refractivity (Wildman–Crippen MR) is 71.1 cm³/mol. The molecule has 0 aliphatic rings. The molecule has 4 nitrogen and oxygen atoms in total. The highest BCUT2D eigenvalue weighted by molar-refractivity contribution is 5.76. The summed E-state index contributed by atoms with van der Waals surface area (Å²) in [6, 6.07) is 6.15. The van der Waals surface area contributed by atoms with Gasteiger partial charge in [0.2, 0.25) is 0 Å². The number of aromatic nitrogens is 2. The van der Waals surface area contributed by atoms with Gasteiger partial charge in [-0.15, -0.1) is 0 Å². The molecule has 0 atom stereocenters. The Balaban J connectivity index is 2.69. The molecule has 0 amide bonds. The topological polar surface area (TPSA) is 69.9 Å². The van der Waals surface area contributed by atoms with Gasteiger partial charge in [-0.2, -0.15) is 0 Å². The van der Waals surface area contributed by atoms with Crippen LogP contribution in [0, 0.1) is 13.8 Å². The fourth-order valence-corrected chi connectivity index (χ4v) is 2.11. The highest BCUT2D eigenvalue weighted by Crippen LogP contribution is 2.30. The molecule has 1 heterocycles. The van der Waals surface area contributed by atoms with Crippen LogP contribution in [0.25, 0.3) is 11.3 Å². The Morgan fingerprint density at radius 2 is 1.82 bits per heavy atom. The fourth-order valence-electron chi connectivity index (χ4n) is 2.11. The van der Waals surface area contributed by atoms with Gasteiger partial charge in [0.1, 0.15) is 11.5 Å². The summed E-state index contributed by atoms with van der Waals surface area (Å²) < 4.78 is 1.47. The van der Waals surface area contributed by atoms with Gasteiger partial charge >= 0.3 is 0 Å². The lowest BCUT2D eigenvalue weighted by molar-refractivity contribution is 0.865. The average molecular weight is 230 g/mol. The van der Waals surface area contributed by atoms with Gasteiger partial charge in [-0.25, -0.2) is 9.66 Å². The van der Waals surface area contributed by atoms with E-state index in [1.54, 1.807) is 0 Å². The minimum Gasteiger partial charge on any atom is -0.382 e. The zero-order valence-corrected chi connectivity index (χ0v) is 10.5. The monoisotopic (exact) mass is 230 g/mol. The van der Waals surface area contributed by atoms with Crippen molar-refractivity contribution >= 4 is 5.82 Å². The van der Waals surface area contributed by atoms with Crippen LogP contribution in [0.3, 0.4) is 0 Å². The number of aryl methyl sites for hydroxylation is 3. The number of benzene rings is 1. The first kappa shape index (κ1) is 11.5. The molecule has 0 aliphatic carbocycles. The minimum atomic E-state index is 0.527. The van der Waals surface area contributed by atoms with Crippen LogP contribution in [-0.4, -0.2) is 9.66 Å². The van der Waals surface area contributed by atoms with Gasteiger partial charge in [0.05, 0.1) is 0 Å². The van der Waals surface area contributed by atoms with Crippen molar-refractivity contribution < 1.29 is 0 Å². The van der Waals surface area contributed by atoms with Crippen molar-refractivity contribution in [2.24, 2.45) is 0 Å². The molecule has 1 aromatic heterocycles. The molecule has 90 valence electrons. The quantitative estimate of drug-likeness (QED) is 0.775. The summed E-state index contributed by atoms with van der Waals surface area (Å²) in [7, 11) is 0. The van der Waals surface area contributed by atoms with Crippen molar-refractivity contribution in [3.05, 3.63) is 35.2 Å². The Bertz CT molecular complexity index is 535. The van der Waals surface area contributed by atoms with E-state index in [1.165, 1.54) is 4.68 Å². The number of imidazole rings is 1. The van der Waals surface area contributed by atoms with Crippen molar-refractivity contribution in [3.8, 4) is 11.3 Å². The lowest BCUT2D eigenvalue weighted by Gasteiger charge is -2.07. The zero-order chi connectivity index (χ0) is 12.6. The molecule has 17 heavy (non-hydrogen) atoms. The molecule has 0 fully saturated rings. The summed E-state index contributed by atoms with van der Waals surface area (Å²) in [4.78, 5) is 4.53. The van der Waals surface area contributed by atoms with Crippen LogP contribution in [0.5, 0.6) is 0 Å². The average Bonchev–Trinajstić information content (AvgIpc) is 2.57. The normalized spacial score (nSPS) is 10.8. The zero-order valence-electron chi connectivity index (χ0n) is 10.5. The summed E-state index contributed by atoms with van der Waals surface area (Å²) in [6.07, 6.45) is 0.769. The first-order valence-electron chi connectivity index (χ1n) is 5.75. The number of hydrogen-bond donors (Lipinski definition) is 2. The second-order valence-electron chi connectivity index (χ2n) is 4.25. The summed E-state index contributed by atoms with van der Waals surface area (Å²) in [5, 5.41) is 0. The smallest absolute Gasteiger partial charge is 0.150 e. The van der Waals surface area contributed by atoms with Gasteiger partial charge in [-0.05, 0) is 25.0 Å². The fraction of sp³-hybridized carbons (Fsp3) is 0.308. The lowest BCUT2D eigenvalue weighted by atomic mass is 10.0. The molecule has 0 spiro atoms. The standard InChI is InChI=1S/C13H18N4/c1-4-10-16-12(13(14)17(10)15)11-8(2)6-5-7-9(11)3/h5-7H,4,14-15H2,1-3H3. The number of rotatable bonds is 2. The van der Waals surface area contributed by atoms with Crippen molar-refractivity contribution in [2.45, 2.75) is 27.2 Å². The van der Waals surface area contributed by atoms with Gasteiger partial charge in [-0.3, -0.25) is 0 Å². The van der Waals surface area contributed by atoms with E-state index in [0.717, 1.165) is 34.6 Å². The van der Waals surface area contributed by atoms with Crippen molar-refractivity contribution in [3.63, 3.8) is 0 Å². The Labute approximate surface area is 101 Å². The van der Waals surface area contributed by atoms with Crippen LogP contribution in [0.2, 0.25) is 0 Å². The maximum atomic E-state index is 6.02. The first-order valence-corrected chi connectivity index (χ1v) is 5.75. The van der Waals surface area contributed by atoms with E-state index in [9.17, 15) is 0 Å². The van der Waals surface area contributed by atoms with E-state index in [-0.39, 0.29) is 0 Å². The third-order valence-corrected chi connectivity index (χ3v) is 3.06. The SMILES string of the molecule is CCc1nc(-c2c(C)cccc2C)c(N)n1N. The number of hydrogen-bond acceptors (Lipinski definition) is 3. The molecule has 0 unspecified atom stereocenters. The van der Waals surface area contributed by atoms with Crippen LogP contribution in [-0.2, 0) is 6.42 Å². The van der Waals surface area contributed by atoms with Crippen LogP contribution >= 0.6 is 0 Å². The molecule has 4 N–H and O–H groups in total. The highest BCUT2D eigenvalue weighted by Gasteiger charge is 2.16. The third kappa shape index (κ3) is 1.75.